The van der Waals surface area contributed by atoms with Gasteiger partial charge in [0, 0.05) is 11.0 Å². The summed E-state index contributed by atoms with van der Waals surface area (Å²) in [6.45, 7) is 4.10. The quantitative estimate of drug-likeness (QED) is 0.499. The molecule has 0 aliphatic rings. The third-order valence-electron chi connectivity index (χ3n) is 3.54. The summed E-state index contributed by atoms with van der Waals surface area (Å²) in [6, 6.07) is 4.87. The van der Waals surface area contributed by atoms with Gasteiger partial charge in [-0.2, -0.15) is 0 Å². The molecule has 20 heavy (non-hydrogen) atoms. The van der Waals surface area contributed by atoms with Gasteiger partial charge in [-0.1, -0.05) is 73.9 Å². The fraction of sp³-hybridized carbons (Fsp3) is 0.647. The van der Waals surface area contributed by atoms with Crippen molar-refractivity contribution in [3.8, 4) is 0 Å². The fourth-order valence-electron chi connectivity index (χ4n) is 2.27. The van der Waals surface area contributed by atoms with Gasteiger partial charge in [0.1, 0.15) is 5.82 Å². The second-order valence-electron chi connectivity index (χ2n) is 5.39. The minimum atomic E-state index is -0.191. The van der Waals surface area contributed by atoms with Crippen LogP contribution in [0.15, 0.2) is 22.7 Å². The highest BCUT2D eigenvalue weighted by Gasteiger charge is 2.00. The smallest absolute Gasteiger partial charge is 0.124 e. The molecule has 1 rings (SSSR count). The summed E-state index contributed by atoms with van der Waals surface area (Å²) in [5.74, 6) is -0.191. The minimum absolute atomic E-state index is 0.191. The van der Waals surface area contributed by atoms with Crippen LogP contribution in [-0.2, 0) is 6.54 Å². The van der Waals surface area contributed by atoms with E-state index in [1.54, 1.807) is 0 Å². The van der Waals surface area contributed by atoms with Crippen LogP contribution in [0.4, 0.5) is 4.39 Å². The lowest BCUT2D eigenvalue weighted by Gasteiger charge is -2.07. The van der Waals surface area contributed by atoms with Gasteiger partial charge in [0.15, 0.2) is 0 Å². The zero-order valence-corrected chi connectivity index (χ0v) is 14.1. The number of hydrogen-bond acceptors (Lipinski definition) is 1. The van der Waals surface area contributed by atoms with Crippen LogP contribution in [0.2, 0.25) is 0 Å². The second kappa shape index (κ2) is 11.3. The van der Waals surface area contributed by atoms with Gasteiger partial charge in [0.2, 0.25) is 0 Å². The predicted octanol–water partition coefficient (Wildman–Crippen LogP) is 5.82. The maximum atomic E-state index is 12.9. The molecule has 0 saturated heterocycles. The van der Waals surface area contributed by atoms with Crippen LogP contribution < -0.4 is 5.32 Å². The Bertz CT molecular complexity index is 368. The topological polar surface area (TPSA) is 12.0 Å². The molecule has 1 aromatic rings. The Morgan fingerprint density at radius 3 is 2.30 bits per heavy atom. The Morgan fingerprint density at radius 2 is 1.65 bits per heavy atom. The molecular formula is C17H27BrFN. The van der Waals surface area contributed by atoms with Crippen LogP contribution >= 0.6 is 15.9 Å². The lowest BCUT2D eigenvalue weighted by Crippen LogP contribution is -2.15. The lowest BCUT2D eigenvalue weighted by molar-refractivity contribution is 0.554. The summed E-state index contributed by atoms with van der Waals surface area (Å²) in [6.07, 6.45) is 10.8. The van der Waals surface area contributed by atoms with E-state index < -0.39 is 0 Å². The monoisotopic (exact) mass is 343 g/mol. The summed E-state index contributed by atoms with van der Waals surface area (Å²) < 4.78 is 13.8. The first-order valence-corrected chi connectivity index (χ1v) is 8.68. The molecule has 0 radical (unpaired) electrons. The molecule has 0 saturated carbocycles. The molecule has 1 nitrogen and oxygen atoms in total. The van der Waals surface area contributed by atoms with Gasteiger partial charge >= 0.3 is 0 Å². The van der Waals surface area contributed by atoms with Crippen molar-refractivity contribution in [1.29, 1.82) is 0 Å². The summed E-state index contributed by atoms with van der Waals surface area (Å²) >= 11 is 3.39. The fourth-order valence-corrected chi connectivity index (χ4v) is 2.76. The maximum Gasteiger partial charge on any atom is 0.124 e. The van der Waals surface area contributed by atoms with Crippen LogP contribution in [0.3, 0.4) is 0 Å². The molecule has 0 aliphatic carbocycles. The van der Waals surface area contributed by atoms with E-state index in [9.17, 15) is 4.39 Å². The van der Waals surface area contributed by atoms with Crippen molar-refractivity contribution in [2.24, 2.45) is 0 Å². The average Bonchev–Trinajstić information content (AvgIpc) is 2.43. The number of halogens is 2. The van der Waals surface area contributed by atoms with E-state index in [4.69, 9.17) is 0 Å². The lowest BCUT2D eigenvalue weighted by atomic mass is 10.1. The van der Waals surface area contributed by atoms with Gasteiger partial charge < -0.3 is 5.32 Å². The molecule has 0 fully saturated rings. The third-order valence-corrected chi connectivity index (χ3v) is 4.28. The summed E-state index contributed by atoms with van der Waals surface area (Å²) in [5, 5.41) is 3.42. The molecule has 0 unspecified atom stereocenters. The van der Waals surface area contributed by atoms with E-state index >= 15 is 0 Å². The summed E-state index contributed by atoms with van der Waals surface area (Å²) in [7, 11) is 0. The normalized spacial score (nSPS) is 10.9. The van der Waals surface area contributed by atoms with E-state index in [0.29, 0.717) is 0 Å². The van der Waals surface area contributed by atoms with Crippen molar-refractivity contribution in [2.75, 3.05) is 6.54 Å². The van der Waals surface area contributed by atoms with Crippen molar-refractivity contribution in [1.82, 2.24) is 5.32 Å². The number of hydrogen-bond donors (Lipinski definition) is 1. The number of rotatable bonds is 11. The molecule has 0 spiro atoms. The van der Waals surface area contributed by atoms with Gasteiger partial charge in [0.05, 0.1) is 0 Å². The Morgan fingerprint density at radius 1 is 1.00 bits per heavy atom. The summed E-state index contributed by atoms with van der Waals surface area (Å²) in [4.78, 5) is 0. The second-order valence-corrected chi connectivity index (χ2v) is 6.24. The highest BCUT2D eigenvalue weighted by Crippen LogP contribution is 2.17. The van der Waals surface area contributed by atoms with Gasteiger partial charge in [-0.3, -0.25) is 0 Å². The number of nitrogens with one attached hydrogen (secondary N) is 1. The first-order chi connectivity index (χ1) is 9.74. The van der Waals surface area contributed by atoms with E-state index in [2.05, 4.69) is 28.2 Å². The highest BCUT2D eigenvalue weighted by atomic mass is 79.9. The molecule has 0 aliphatic heterocycles. The van der Waals surface area contributed by atoms with Crippen LogP contribution in [0.5, 0.6) is 0 Å². The Balaban J connectivity index is 1.97. The van der Waals surface area contributed by atoms with Crippen LogP contribution in [0.25, 0.3) is 0 Å². The van der Waals surface area contributed by atoms with Crippen molar-refractivity contribution < 1.29 is 4.39 Å². The van der Waals surface area contributed by atoms with Crippen molar-refractivity contribution in [3.63, 3.8) is 0 Å². The van der Waals surface area contributed by atoms with E-state index in [-0.39, 0.29) is 5.82 Å². The van der Waals surface area contributed by atoms with Crippen molar-refractivity contribution in [3.05, 3.63) is 34.1 Å². The zero-order valence-electron chi connectivity index (χ0n) is 12.6. The van der Waals surface area contributed by atoms with Crippen LogP contribution in [0, 0.1) is 5.82 Å². The van der Waals surface area contributed by atoms with Crippen LogP contribution in [-0.4, -0.2) is 6.54 Å². The predicted molar refractivity (Wildman–Crippen MR) is 88.4 cm³/mol. The Kier molecular flexibility index (Phi) is 9.94. The average molecular weight is 344 g/mol. The Labute approximate surface area is 131 Å². The van der Waals surface area contributed by atoms with E-state index in [1.165, 1.54) is 63.5 Å². The zero-order chi connectivity index (χ0) is 14.6. The Hall–Kier alpha value is -0.410. The highest BCUT2D eigenvalue weighted by molar-refractivity contribution is 9.10. The molecule has 0 amide bonds. The van der Waals surface area contributed by atoms with Gasteiger partial charge in [-0.25, -0.2) is 4.39 Å². The molecule has 3 heteroatoms. The molecule has 1 N–H and O–H groups in total. The number of benzene rings is 1. The molecule has 114 valence electrons. The molecular weight excluding hydrogens is 317 g/mol. The minimum Gasteiger partial charge on any atom is -0.313 e. The number of unbranched alkanes of at least 4 members (excludes halogenated alkanes) is 7. The maximum absolute atomic E-state index is 12.9. The first-order valence-electron chi connectivity index (χ1n) is 7.88. The third kappa shape index (κ3) is 8.01. The van der Waals surface area contributed by atoms with Crippen LogP contribution in [0.1, 0.15) is 63.9 Å². The SMILES string of the molecule is CCCCCCCCCCNCc1ccc(F)cc1Br. The molecule has 0 atom stereocenters. The molecule has 0 bridgehead atoms. The summed E-state index contributed by atoms with van der Waals surface area (Å²) in [5.41, 5.74) is 1.12. The first kappa shape index (κ1) is 17.6. The molecule has 0 aromatic heterocycles. The van der Waals surface area contributed by atoms with Gasteiger partial charge in [-0.05, 0) is 30.7 Å². The molecule has 0 heterocycles. The van der Waals surface area contributed by atoms with E-state index in [1.807, 2.05) is 6.07 Å². The molecule has 1 aromatic carbocycles. The van der Waals surface area contributed by atoms with Crippen molar-refractivity contribution in [2.45, 2.75) is 64.8 Å². The van der Waals surface area contributed by atoms with Gasteiger partial charge in [-0.15, -0.1) is 0 Å². The van der Waals surface area contributed by atoms with Gasteiger partial charge in [0.25, 0.3) is 0 Å². The van der Waals surface area contributed by atoms with Crippen molar-refractivity contribution >= 4 is 15.9 Å². The largest absolute Gasteiger partial charge is 0.313 e. The standard InChI is InChI=1S/C17H27BrFN/c1-2-3-4-5-6-7-8-9-12-20-14-15-10-11-16(19)13-17(15)18/h10-11,13,20H,2-9,12,14H2,1H3. The van der Waals surface area contributed by atoms with E-state index in [0.717, 1.165) is 23.1 Å².